The van der Waals surface area contributed by atoms with Gasteiger partial charge in [-0.3, -0.25) is 4.79 Å². The highest BCUT2D eigenvalue weighted by Crippen LogP contribution is 2.34. The fourth-order valence-corrected chi connectivity index (χ4v) is 2.52. The number of anilines is 1. The van der Waals surface area contributed by atoms with E-state index < -0.39 is 0 Å². The maximum absolute atomic E-state index is 12.1. The van der Waals surface area contributed by atoms with E-state index >= 15 is 0 Å². The van der Waals surface area contributed by atoms with E-state index in [1.165, 1.54) is 18.4 Å². The molecule has 0 aromatic heterocycles. The summed E-state index contributed by atoms with van der Waals surface area (Å²) in [7, 11) is 0. The molecular weight excluding hydrogens is 212 g/mol. The lowest BCUT2D eigenvalue weighted by molar-refractivity contribution is -0.132. The molecule has 90 valence electrons. The van der Waals surface area contributed by atoms with Crippen molar-refractivity contribution in [3.05, 3.63) is 29.3 Å². The van der Waals surface area contributed by atoms with E-state index in [0.717, 1.165) is 30.6 Å². The van der Waals surface area contributed by atoms with Crippen LogP contribution in [0.2, 0.25) is 0 Å². The van der Waals surface area contributed by atoms with Gasteiger partial charge < -0.3 is 10.6 Å². The number of hydrogen-bond donors (Lipinski definition) is 1. The van der Waals surface area contributed by atoms with Crippen molar-refractivity contribution in [3.63, 3.8) is 0 Å². The first-order chi connectivity index (χ1) is 8.24. The fraction of sp³-hybridized carbons (Fsp3) is 0.500. The highest BCUT2D eigenvalue weighted by molar-refractivity contribution is 5.77. The molecule has 1 heterocycles. The molecule has 1 aliphatic heterocycles. The van der Waals surface area contributed by atoms with Crippen LogP contribution in [-0.4, -0.2) is 17.4 Å². The molecule has 0 unspecified atom stereocenters. The highest BCUT2D eigenvalue weighted by atomic mass is 16.2. The van der Waals surface area contributed by atoms with Crippen molar-refractivity contribution in [1.29, 1.82) is 0 Å². The molecule has 0 spiro atoms. The second kappa shape index (κ2) is 4.06. The molecule has 2 N–H and O–H groups in total. The molecule has 0 atom stereocenters. The molecule has 0 saturated heterocycles. The summed E-state index contributed by atoms with van der Waals surface area (Å²) < 4.78 is 0. The summed E-state index contributed by atoms with van der Waals surface area (Å²) in [6, 6.07) is 6.04. The van der Waals surface area contributed by atoms with Gasteiger partial charge in [-0.05, 0) is 42.4 Å². The Kier molecular flexibility index (Phi) is 2.54. The summed E-state index contributed by atoms with van der Waals surface area (Å²) >= 11 is 0. The molecular formula is C14H18N2O. The Morgan fingerprint density at radius 1 is 1.41 bits per heavy atom. The van der Waals surface area contributed by atoms with Gasteiger partial charge >= 0.3 is 0 Å². The van der Waals surface area contributed by atoms with Gasteiger partial charge in [0.1, 0.15) is 0 Å². The smallest absolute Gasteiger partial charge is 0.223 e. The van der Waals surface area contributed by atoms with Crippen LogP contribution in [0.5, 0.6) is 0 Å². The van der Waals surface area contributed by atoms with E-state index in [-0.39, 0.29) is 0 Å². The van der Waals surface area contributed by atoms with Gasteiger partial charge in [0, 0.05) is 25.2 Å². The molecule has 3 nitrogen and oxygen atoms in total. The maximum Gasteiger partial charge on any atom is 0.223 e. The number of amides is 1. The molecule has 1 fully saturated rings. The van der Waals surface area contributed by atoms with Gasteiger partial charge in [0.15, 0.2) is 0 Å². The average molecular weight is 230 g/mol. The topological polar surface area (TPSA) is 46.3 Å². The Labute approximate surface area is 102 Å². The van der Waals surface area contributed by atoms with Crippen LogP contribution < -0.4 is 5.73 Å². The van der Waals surface area contributed by atoms with Gasteiger partial charge in [0.05, 0.1) is 0 Å². The lowest BCUT2D eigenvalue weighted by Crippen LogP contribution is -2.36. The number of nitrogens with two attached hydrogens (primary N) is 1. The molecule has 0 radical (unpaired) electrons. The fourth-order valence-electron chi connectivity index (χ4n) is 2.52. The second-order valence-electron chi connectivity index (χ2n) is 5.20. The van der Waals surface area contributed by atoms with E-state index in [2.05, 4.69) is 6.07 Å². The summed E-state index contributed by atoms with van der Waals surface area (Å²) in [6.07, 6.45) is 4.15. The minimum Gasteiger partial charge on any atom is -0.398 e. The molecule has 1 saturated carbocycles. The van der Waals surface area contributed by atoms with Crippen molar-refractivity contribution in [2.24, 2.45) is 5.92 Å². The second-order valence-corrected chi connectivity index (χ2v) is 5.20. The summed E-state index contributed by atoms with van der Waals surface area (Å²) in [6.45, 7) is 1.55. The van der Waals surface area contributed by atoms with Crippen molar-refractivity contribution in [1.82, 2.24) is 4.90 Å². The quantitative estimate of drug-likeness (QED) is 0.789. The van der Waals surface area contributed by atoms with E-state index in [1.807, 2.05) is 17.0 Å². The number of carbonyl (C=O) groups excluding carboxylic acids is 1. The molecule has 2 aliphatic rings. The van der Waals surface area contributed by atoms with E-state index in [1.54, 1.807) is 0 Å². The SMILES string of the molecule is Nc1cccc2c1CN(C(=O)CC1CC1)CC2. The number of fused-ring (bicyclic) bond motifs is 1. The number of nitrogen functional groups attached to an aromatic ring is 1. The summed E-state index contributed by atoms with van der Waals surface area (Å²) in [5.74, 6) is 0.971. The molecule has 3 rings (SSSR count). The van der Waals surface area contributed by atoms with Gasteiger partial charge in [-0.1, -0.05) is 12.1 Å². The van der Waals surface area contributed by atoms with Crippen LogP contribution in [0.4, 0.5) is 5.69 Å². The first-order valence-electron chi connectivity index (χ1n) is 6.38. The molecule has 1 amide bonds. The van der Waals surface area contributed by atoms with Crippen molar-refractivity contribution in [2.75, 3.05) is 12.3 Å². The zero-order valence-electron chi connectivity index (χ0n) is 9.98. The van der Waals surface area contributed by atoms with Crippen LogP contribution >= 0.6 is 0 Å². The maximum atomic E-state index is 12.1. The Morgan fingerprint density at radius 3 is 3.00 bits per heavy atom. The van der Waals surface area contributed by atoms with Gasteiger partial charge in [0.25, 0.3) is 0 Å². The van der Waals surface area contributed by atoms with Gasteiger partial charge in [-0.2, -0.15) is 0 Å². The number of nitrogens with zero attached hydrogens (tertiary/aromatic N) is 1. The van der Waals surface area contributed by atoms with Crippen LogP contribution in [0.3, 0.4) is 0 Å². The van der Waals surface area contributed by atoms with Crippen LogP contribution in [-0.2, 0) is 17.8 Å². The number of hydrogen-bond acceptors (Lipinski definition) is 2. The number of rotatable bonds is 2. The van der Waals surface area contributed by atoms with E-state index in [0.29, 0.717) is 18.4 Å². The van der Waals surface area contributed by atoms with Crippen LogP contribution in [0.25, 0.3) is 0 Å². The predicted octanol–water partition coefficient (Wildman–Crippen LogP) is 1.95. The standard InChI is InChI=1S/C14H18N2O/c15-13-3-1-2-11-6-7-16(9-12(11)13)14(17)8-10-4-5-10/h1-3,10H,4-9,15H2. The van der Waals surface area contributed by atoms with E-state index in [4.69, 9.17) is 5.73 Å². The van der Waals surface area contributed by atoms with Crippen molar-refractivity contribution >= 4 is 11.6 Å². The Balaban J connectivity index is 1.74. The molecule has 17 heavy (non-hydrogen) atoms. The van der Waals surface area contributed by atoms with Crippen LogP contribution in [0, 0.1) is 5.92 Å². The third-order valence-electron chi connectivity index (χ3n) is 3.82. The predicted molar refractivity (Wildman–Crippen MR) is 67.3 cm³/mol. The lowest BCUT2D eigenvalue weighted by Gasteiger charge is -2.29. The minimum atomic E-state index is 0.307. The van der Waals surface area contributed by atoms with Crippen molar-refractivity contribution < 1.29 is 4.79 Å². The number of benzene rings is 1. The van der Waals surface area contributed by atoms with E-state index in [9.17, 15) is 4.79 Å². The Bertz CT molecular complexity index is 452. The number of carbonyl (C=O) groups is 1. The van der Waals surface area contributed by atoms with Gasteiger partial charge in [0.2, 0.25) is 5.91 Å². The van der Waals surface area contributed by atoms with Crippen LogP contribution in [0.15, 0.2) is 18.2 Å². The molecule has 1 aromatic carbocycles. The third kappa shape index (κ3) is 2.14. The first kappa shape index (κ1) is 10.6. The summed E-state index contributed by atoms with van der Waals surface area (Å²) in [4.78, 5) is 14.0. The molecule has 0 bridgehead atoms. The zero-order chi connectivity index (χ0) is 11.8. The van der Waals surface area contributed by atoms with Crippen LogP contribution in [0.1, 0.15) is 30.4 Å². The zero-order valence-corrected chi connectivity index (χ0v) is 9.98. The minimum absolute atomic E-state index is 0.307. The lowest BCUT2D eigenvalue weighted by atomic mass is 9.98. The molecule has 1 aromatic rings. The van der Waals surface area contributed by atoms with Crippen molar-refractivity contribution in [3.8, 4) is 0 Å². The Hall–Kier alpha value is -1.51. The summed E-state index contributed by atoms with van der Waals surface area (Å²) in [5, 5.41) is 0. The average Bonchev–Trinajstić information content (AvgIpc) is 3.13. The van der Waals surface area contributed by atoms with Crippen molar-refractivity contribution in [2.45, 2.75) is 32.2 Å². The van der Waals surface area contributed by atoms with Gasteiger partial charge in [-0.25, -0.2) is 0 Å². The third-order valence-corrected chi connectivity index (χ3v) is 3.82. The monoisotopic (exact) mass is 230 g/mol. The largest absolute Gasteiger partial charge is 0.398 e. The normalized spacial score (nSPS) is 18.9. The molecule has 1 aliphatic carbocycles. The first-order valence-corrected chi connectivity index (χ1v) is 6.38. The summed E-state index contributed by atoms with van der Waals surface area (Å²) in [5.41, 5.74) is 9.27. The van der Waals surface area contributed by atoms with Gasteiger partial charge in [-0.15, -0.1) is 0 Å². The highest BCUT2D eigenvalue weighted by Gasteiger charge is 2.28. The molecule has 3 heteroatoms. The Morgan fingerprint density at radius 2 is 2.24 bits per heavy atom.